The number of hydrogen-bond acceptors (Lipinski definition) is 7. The molecule has 174 valence electrons. The summed E-state index contributed by atoms with van der Waals surface area (Å²) < 4.78 is 34.6. The summed E-state index contributed by atoms with van der Waals surface area (Å²) in [5, 5.41) is 16.2. The second-order valence-electron chi connectivity index (χ2n) is 7.62. The molecule has 0 saturated carbocycles. The van der Waals surface area contributed by atoms with Crippen LogP contribution in [-0.4, -0.2) is 49.1 Å². The van der Waals surface area contributed by atoms with Gasteiger partial charge in [-0.3, -0.25) is 19.8 Å². The summed E-state index contributed by atoms with van der Waals surface area (Å²) in [5.41, 5.74) is -0.927. The Balaban J connectivity index is 1.82. The van der Waals surface area contributed by atoms with Gasteiger partial charge in [0.25, 0.3) is 11.6 Å². The molecule has 1 aromatic carbocycles. The van der Waals surface area contributed by atoms with Crippen LogP contribution < -0.4 is 14.8 Å². The average Bonchev–Trinajstić information content (AvgIpc) is 3.28. The highest BCUT2D eigenvalue weighted by Crippen LogP contribution is 2.36. The molecule has 1 fully saturated rings. The number of piperidine rings is 1. The first-order chi connectivity index (χ1) is 15.3. The Kier molecular flexibility index (Phi) is 7.97. The number of methoxy groups -OCH3 is 1. The van der Waals surface area contributed by atoms with Crippen LogP contribution >= 0.6 is 11.3 Å². The van der Waals surface area contributed by atoms with Gasteiger partial charge in [0.15, 0.2) is 11.5 Å². The van der Waals surface area contributed by atoms with Crippen LogP contribution in [-0.2, 0) is 0 Å². The summed E-state index contributed by atoms with van der Waals surface area (Å²) in [5.74, 6) is -0.745. The minimum Gasteiger partial charge on any atom is -0.493 e. The lowest BCUT2D eigenvalue weighted by Gasteiger charge is -2.36. The van der Waals surface area contributed by atoms with E-state index in [4.69, 9.17) is 4.74 Å². The fourth-order valence-corrected chi connectivity index (χ4v) is 4.61. The third-order valence-corrected chi connectivity index (χ3v) is 6.50. The smallest absolute Gasteiger partial charge is 0.387 e. The minimum absolute atomic E-state index is 0.0613. The molecular weight excluding hydrogens is 444 g/mol. The highest BCUT2D eigenvalue weighted by Gasteiger charge is 2.29. The quantitative estimate of drug-likeness (QED) is 0.430. The topological polar surface area (TPSA) is 93.9 Å². The number of likely N-dealkylation sites (tertiary alicyclic amines) is 1. The van der Waals surface area contributed by atoms with Crippen LogP contribution in [0.15, 0.2) is 29.6 Å². The van der Waals surface area contributed by atoms with Gasteiger partial charge in [0.2, 0.25) is 0 Å². The van der Waals surface area contributed by atoms with Gasteiger partial charge in [-0.1, -0.05) is 13.0 Å². The second kappa shape index (κ2) is 10.7. The lowest BCUT2D eigenvalue weighted by Crippen LogP contribution is -2.41. The SMILES string of the molecule is COc1cc(C(=O)NCC(c2cccs2)N2CCC(C)CC2)c([N+](=O)[O-])cc1OC(F)F. The standard InChI is InChI=1S/C21H25F2N3O5S/c1-13-5-7-25(8-6-13)16(19-4-3-9-32-19)12-24-20(27)14-10-17(30-2)18(31-21(22)23)11-15(14)26(28)29/h3-4,9-11,13,16,21H,5-8,12H2,1-2H3,(H,24,27). The average molecular weight is 470 g/mol. The molecule has 32 heavy (non-hydrogen) atoms. The molecule has 1 atom stereocenters. The molecule has 3 rings (SSSR count). The molecule has 0 aliphatic carbocycles. The van der Waals surface area contributed by atoms with Crippen LogP contribution in [0.1, 0.15) is 41.0 Å². The molecule has 1 amide bonds. The Morgan fingerprint density at radius 2 is 2.06 bits per heavy atom. The molecule has 11 heteroatoms. The fraction of sp³-hybridized carbons (Fsp3) is 0.476. The summed E-state index contributed by atoms with van der Waals surface area (Å²) in [6.07, 6.45) is 2.12. The van der Waals surface area contributed by atoms with Gasteiger partial charge in [-0.15, -0.1) is 11.3 Å². The summed E-state index contributed by atoms with van der Waals surface area (Å²) >= 11 is 1.59. The van der Waals surface area contributed by atoms with Crippen molar-refractivity contribution >= 4 is 22.9 Å². The summed E-state index contributed by atoms with van der Waals surface area (Å²) in [7, 11) is 1.20. The summed E-state index contributed by atoms with van der Waals surface area (Å²) in [6, 6.07) is 5.71. The Hall–Kier alpha value is -2.79. The second-order valence-corrected chi connectivity index (χ2v) is 8.59. The molecule has 2 heterocycles. The number of nitrogens with one attached hydrogen (secondary N) is 1. The number of ether oxygens (including phenoxy) is 2. The van der Waals surface area contributed by atoms with Crippen molar-refractivity contribution in [1.82, 2.24) is 10.2 Å². The number of carbonyl (C=O) groups excluding carboxylic acids is 1. The van der Waals surface area contributed by atoms with Crippen molar-refractivity contribution in [2.24, 2.45) is 5.92 Å². The van der Waals surface area contributed by atoms with Gasteiger partial charge in [0.05, 0.1) is 24.1 Å². The number of nitrogens with zero attached hydrogens (tertiary/aromatic N) is 2. The highest BCUT2D eigenvalue weighted by atomic mass is 32.1. The fourth-order valence-electron chi connectivity index (χ4n) is 3.75. The molecule has 1 unspecified atom stereocenters. The first kappa shape index (κ1) is 23.9. The van der Waals surface area contributed by atoms with Crippen molar-refractivity contribution in [2.45, 2.75) is 32.4 Å². The Morgan fingerprint density at radius 3 is 2.62 bits per heavy atom. The maximum atomic E-state index is 12.9. The molecule has 1 aliphatic heterocycles. The largest absolute Gasteiger partial charge is 0.493 e. The molecule has 0 bridgehead atoms. The maximum Gasteiger partial charge on any atom is 0.387 e. The van der Waals surface area contributed by atoms with Crippen LogP contribution in [0.2, 0.25) is 0 Å². The molecule has 0 spiro atoms. The van der Waals surface area contributed by atoms with Crippen LogP contribution in [0.5, 0.6) is 11.5 Å². The van der Waals surface area contributed by atoms with E-state index in [-0.39, 0.29) is 23.9 Å². The van der Waals surface area contributed by atoms with E-state index in [9.17, 15) is 23.7 Å². The number of halogens is 2. The third kappa shape index (κ3) is 5.71. The van der Waals surface area contributed by atoms with E-state index in [0.717, 1.165) is 42.9 Å². The van der Waals surface area contributed by atoms with Crippen LogP contribution in [0.25, 0.3) is 0 Å². The number of alkyl halides is 2. The van der Waals surface area contributed by atoms with Gasteiger partial charge in [0.1, 0.15) is 5.56 Å². The maximum absolute atomic E-state index is 12.9. The van der Waals surface area contributed by atoms with Crippen molar-refractivity contribution in [2.75, 3.05) is 26.7 Å². The number of carbonyl (C=O) groups is 1. The van der Waals surface area contributed by atoms with Crippen molar-refractivity contribution in [3.63, 3.8) is 0 Å². The summed E-state index contributed by atoms with van der Waals surface area (Å²) in [6.45, 7) is 1.07. The van der Waals surface area contributed by atoms with Gasteiger partial charge >= 0.3 is 6.61 Å². The van der Waals surface area contributed by atoms with Crippen molar-refractivity contribution in [3.05, 3.63) is 50.2 Å². The Bertz CT molecular complexity index is 934. The minimum atomic E-state index is -3.19. The first-order valence-electron chi connectivity index (χ1n) is 10.2. The van der Waals surface area contributed by atoms with Crippen LogP contribution in [0, 0.1) is 16.0 Å². The van der Waals surface area contributed by atoms with Gasteiger partial charge in [0, 0.05) is 17.5 Å². The van der Waals surface area contributed by atoms with E-state index in [1.807, 2.05) is 17.5 Å². The monoisotopic (exact) mass is 469 g/mol. The molecule has 2 aromatic rings. The number of hydrogen-bond donors (Lipinski definition) is 1. The number of rotatable bonds is 9. The van der Waals surface area contributed by atoms with Gasteiger partial charge in [-0.2, -0.15) is 8.78 Å². The lowest BCUT2D eigenvalue weighted by molar-refractivity contribution is -0.385. The van der Waals surface area contributed by atoms with E-state index in [0.29, 0.717) is 5.92 Å². The molecular formula is C21H25F2N3O5S. The van der Waals surface area contributed by atoms with Crippen molar-refractivity contribution in [3.8, 4) is 11.5 Å². The van der Waals surface area contributed by atoms with Crippen molar-refractivity contribution in [1.29, 1.82) is 0 Å². The van der Waals surface area contributed by atoms with Crippen molar-refractivity contribution < 1.29 is 28.0 Å². The zero-order valence-electron chi connectivity index (χ0n) is 17.8. The highest BCUT2D eigenvalue weighted by molar-refractivity contribution is 7.10. The van der Waals surface area contributed by atoms with E-state index < -0.39 is 28.9 Å². The number of nitro groups is 1. The Morgan fingerprint density at radius 1 is 1.34 bits per heavy atom. The first-order valence-corrected chi connectivity index (χ1v) is 11.0. The molecule has 1 N–H and O–H groups in total. The predicted molar refractivity (Wildman–Crippen MR) is 116 cm³/mol. The van der Waals surface area contributed by atoms with Gasteiger partial charge in [-0.05, 0) is 43.3 Å². The van der Waals surface area contributed by atoms with Crippen LogP contribution in [0.3, 0.4) is 0 Å². The van der Waals surface area contributed by atoms with Gasteiger partial charge < -0.3 is 14.8 Å². The zero-order valence-corrected chi connectivity index (χ0v) is 18.6. The molecule has 1 saturated heterocycles. The van der Waals surface area contributed by atoms with Crippen LogP contribution in [0.4, 0.5) is 14.5 Å². The number of amides is 1. The zero-order chi connectivity index (χ0) is 23.3. The number of benzene rings is 1. The molecule has 1 aromatic heterocycles. The molecule has 0 radical (unpaired) electrons. The van der Waals surface area contributed by atoms with E-state index in [1.165, 1.54) is 7.11 Å². The normalized spacial score (nSPS) is 16.0. The number of thiophene rings is 1. The molecule has 8 nitrogen and oxygen atoms in total. The lowest BCUT2D eigenvalue weighted by atomic mass is 9.97. The summed E-state index contributed by atoms with van der Waals surface area (Å²) in [4.78, 5) is 27.0. The Labute approximate surface area is 188 Å². The predicted octanol–water partition coefficient (Wildman–Crippen LogP) is 4.47. The number of nitro benzene ring substituents is 1. The van der Waals surface area contributed by atoms with E-state index in [1.54, 1.807) is 11.3 Å². The van der Waals surface area contributed by atoms with E-state index >= 15 is 0 Å². The van der Waals surface area contributed by atoms with E-state index in [2.05, 4.69) is 21.9 Å². The van der Waals surface area contributed by atoms with Gasteiger partial charge in [-0.25, -0.2) is 0 Å². The third-order valence-electron chi connectivity index (χ3n) is 5.53. The molecule has 1 aliphatic rings.